The van der Waals surface area contributed by atoms with Crippen LogP contribution in [0.4, 0.5) is 5.82 Å². The average Bonchev–Trinajstić information content (AvgIpc) is 3.36. The first-order chi connectivity index (χ1) is 24.2. The van der Waals surface area contributed by atoms with E-state index in [2.05, 4.69) is 55.6 Å². The van der Waals surface area contributed by atoms with E-state index in [-0.39, 0.29) is 53.8 Å². The van der Waals surface area contributed by atoms with Gasteiger partial charge in [0.2, 0.25) is 11.8 Å². The number of rotatable bonds is 10. The number of fused-ring (bicyclic) bond motifs is 2. The fourth-order valence-corrected chi connectivity index (χ4v) is 7.29. The van der Waals surface area contributed by atoms with Gasteiger partial charge in [0.25, 0.3) is 17.4 Å². The van der Waals surface area contributed by atoms with Crippen molar-refractivity contribution < 1.29 is 28.7 Å². The monoisotopic (exact) mass is 742 g/mol. The molecule has 7 rings (SSSR count). The van der Waals surface area contributed by atoms with Crippen LogP contribution in [0.2, 0.25) is 0 Å². The Bertz CT molecular complexity index is 2050. The summed E-state index contributed by atoms with van der Waals surface area (Å²) in [6.45, 7) is 2.32. The Morgan fingerprint density at radius 2 is 1.74 bits per heavy atom. The molecule has 3 atom stereocenters. The lowest BCUT2D eigenvalue weighted by Crippen LogP contribution is -2.54. The molecule has 0 bridgehead atoms. The minimum atomic E-state index is -1.03. The highest BCUT2D eigenvalue weighted by atomic mass is 79.9. The zero-order chi connectivity index (χ0) is 34.9. The number of nitrogens with zero attached hydrogens (tertiary/aromatic N) is 4. The van der Waals surface area contributed by atoms with Crippen LogP contribution < -0.4 is 25.7 Å². The lowest BCUT2D eigenvalue weighted by molar-refractivity contribution is -0.136. The number of ether oxygens (including phenoxy) is 2. The van der Waals surface area contributed by atoms with Gasteiger partial charge in [-0.2, -0.15) is 0 Å². The van der Waals surface area contributed by atoms with E-state index in [1.807, 2.05) is 24.3 Å². The molecule has 3 unspecified atom stereocenters. The molecule has 0 radical (unpaired) electrons. The summed E-state index contributed by atoms with van der Waals surface area (Å²) in [6, 6.07) is 17.4. The second-order valence-electron chi connectivity index (χ2n) is 12.7. The van der Waals surface area contributed by atoms with Crippen LogP contribution in [-0.2, 0) is 9.59 Å². The van der Waals surface area contributed by atoms with Gasteiger partial charge >= 0.3 is 0 Å². The van der Waals surface area contributed by atoms with Crippen molar-refractivity contribution in [3.8, 4) is 11.5 Å². The number of halogens is 1. The first kappa shape index (κ1) is 33.4. The predicted octanol–water partition coefficient (Wildman–Crippen LogP) is 3.61. The number of carbonyl (C=O) groups is 4. The van der Waals surface area contributed by atoms with E-state index in [1.54, 1.807) is 24.4 Å². The summed E-state index contributed by atoms with van der Waals surface area (Å²) >= 11 is 3.45. The Morgan fingerprint density at radius 3 is 2.54 bits per heavy atom. The van der Waals surface area contributed by atoms with Crippen LogP contribution in [0.15, 0.2) is 76.1 Å². The van der Waals surface area contributed by atoms with Crippen LogP contribution in [0.3, 0.4) is 0 Å². The van der Waals surface area contributed by atoms with Crippen LogP contribution in [0.1, 0.15) is 57.9 Å². The van der Waals surface area contributed by atoms with Crippen molar-refractivity contribution >= 4 is 51.0 Å². The molecule has 0 aliphatic carbocycles. The maximum Gasteiger partial charge on any atom is 0.274 e. The molecule has 4 aromatic rings. The number of benzene rings is 2. The number of aromatic nitrogens is 2. The van der Waals surface area contributed by atoms with Crippen molar-refractivity contribution in [2.45, 2.75) is 43.7 Å². The largest absolute Gasteiger partial charge is 0.493 e. The normalized spacial score (nSPS) is 20.9. The average molecular weight is 744 g/mol. The van der Waals surface area contributed by atoms with Gasteiger partial charge in [-0.3, -0.25) is 38.6 Å². The lowest BCUT2D eigenvalue weighted by atomic mass is 9.88. The first-order valence-corrected chi connectivity index (χ1v) is 17.3. The molecule has 5 heterocycles. The van der Waals surface area contributed by atoms with Crippen LogP contribution in [0, 0.1) is 0 Å². The van der Waals surface area contributed by atoms with Crippen LogP contribution in [-0.4, -0.2) is 88.2 Å². The summed E-state index contributed by atoms with van der Waals surface area (Å²) in [5.74, 6) is -0.463. The molecule has 4 amide bonds. The predicted molar refractivity (Wildman–Crippen MR) is 187 cm³/mol. The van der Waals surface area contributed by atoms with E-state index in [9.17, 15) is 24.0 Å². The number of pyridine rings is 1. The minimum Gasteiger partial charge on any atom is -0.493 e. The SMILES string of the molecule is CN1CC(Nc2nc3ccccn3c(=O)c2Br)CC(c2ccc(OCCCOc3cccc4c3C(=O)N(C3CCC(=O)NC3=O)C4=O)cc2)C1. The van der Waals surface area contributed by atoms with Gasteiger partial charge in [0.15, 0.2) is 0 Å². The summed E-state index contributed by atoms with van der Waals surface area (Å²) in [5.41, 5.74) is 1.91. The number of anilines is 1. The number of amides is 4. The van der Waals surface area contributed by atoms with Gasteiger partial charge in [-0.1, -0.05) is 24.3 Å². The molecule has 3 aliphatic rings. The van der Waals surface area contributed by atoms with Crippen molar-refractivity contribution in [1.29, 1.82) is 0 Å². The molecule has 2 saturated heterocycles. The van der Waals surface area contributed by atoms with E-state index in [0.29, 0.717) is 29.0 Å². The Balaban J connectivity index is 0.916. The Kier molecular flexibility index (Phi) is 9.38. The molecule has 0 saturated carbocycles. The van der Waals surface area contributed by atoms with Crippen LogP contribution in [0.25, 0.3) is 5.65 Å². The van der Waals surface area contributed by atoms with E-state index in [4.69, 9.17) is 9.47 Å². The van der Waals surface area contributed by atoms with E-state index >= 15 is 0 Å². The van der Waals surface area contributed by atoms with Crippen LogP contribution in [0.5, 0.6) is 11.5 Å². The van der Waals surface area contributed by atoms with Crippen molar-refractivity contribution in [1.82, 2.24) is 24.5 Å². The fourth-order valence-electron chi connectivity index (χ4n) is 6.89. The molecule has 50 heavy (non-hydrogen) atoms. The Morgan fingerprint density at radius 1 is 0.940 bits per heavy atom. The van der Waals surface area contributed by atoms with Gasteiger partial charge in [-0.25, -0.2) is 4.98 Å². The highest BCUT2D eigenvalue weighted by Crippen LogP contribution is 2.34. The van der Waals surface area contributed by atoms with Gasteiger partial charge in [-0.15, -0.1) is 0 Å². The van der Waals surface area contributed by atoms with Gasteiger partial charge in [0.05, 0.1) is 24.3 Å². The van der Waals surface area contributed by atoms with Crippen LogP contribution >= 0.6 is 15.9 Å². The molecule has 0 spiro atoms. The highest BCUT2D eigenvalue weighted by Gasteiger charge is 2.46. The van der Waals surface area contributed by atoms with E-state index in [0.717, 1.165) is 30.2 Å². The third-order valence-electron chi connectivity index (χ3n) is 9.25. The number of carbonyl (C=O) groups excluding carboxylic acids is 4. The van der Waals surface area contributed by atoms with Gasteiger partial charge in [0, 0.05) is 38.2 Å². The molecular weight excluding hydrogens is 708 g/mol. The molecule has 2 aromatic carbocycles. The number of piperidine rings is 2. The maximum absolute atomic E-state index is 13.3. The van der Waals surface area contributed by atoms with Crippen molar-refractivity contribution in [2.24, 2.45) is 0 Å². The van der Waals surface area contributed by atoms with Gasteiger partial charge in [0.1, 0.15) is 33.5 Å². The zero-order valence-corrected chi connectivity index (χ0v) is 28.9. The second kappa shape index (κ2) is 14.0. The van der Waals surface area contributed by atoms with Crippen molar-refractivity contribution in [2.75, 3.05) is 38.7 Å². The Hall–Kier alpha value is -5.08. The number of hydrogen-bond donors (Lipinski definition) is 2. The van der Waals surface area contributed by atoms with Crippen molar-refractivity contribution in [3.05, 3.63) is 98.4 Å². The van der Waals surface area contributed by atoms with Crippen molar-refractivity contribution in [3.63, 3.8) is 0 Å². The molecule has 2 aromatic heterocycles. The summed E-state index contributed by atoms with van der Waals surface area (Å²) in [6.07, 6.45) is 3.24. The summed E-state index contributed by atoms with van der Waals surface area (Å²) in [4.78, 5) is 71.0. The molecule has 2 fully saturated rings. The minimum absolute atomic E-state index is 0.0547. The lowest BCUT2D eigenvalue weighted by Gasteiger charge is -2.36. The first-order valence-electron chi connectivity index (χ1n) is 16.5. The molecule has 258 valence electrons. The topological polar surface area (TPSA) is 152 Å². The highest BCUT2D eigenvalue weighted by molar-refractivity contribution is 9.10. The molecule has 2 N–H and O–H groups in total. The molecule has 3 aliphatic heterocycles. The molecule has 14 heteroatoms. The molecule has 13 nitrogen and oxygen atoms in total. The molecular formula is C36H35BrN6O7. The number of imide groups is 2. The summed E-state index contributed by atoms with van der Waals surface area (Å²) < 4.78 is 13.8. The Labute approximate surface area is 295 Å². The zero-order valence-electron chi connectivity index (χ0n) is 27.3. The van der Waals surface area contributed by atoms with E-state index < -0.39 is 29.7 Å². The van der Waals surface area contributed by atoms with Gasteiger partial charge < -0.3 is 19.7 Å². The van der Waals surface area contributed by atoms with E-state index in [1.165, 1.54) is 16.0 Å². The summed E-state index contributed by atoms with van der Waals surface area (Å²) in [5, 5.41) is 5.70. The standard InChI is InChI=1S/C36H35BrN6O7/c1-41-19-22(18-23(20-41)38-32-31(37)36(48)42-15-3-2-8-28(42)39-32)21-9-11-24(12-10-21)49-16-5-17-50-27-7-4-6-25-30(27)35(47)43(34(25)46)26-13-14-29(44)40-33(26)45/h2-4,6-12,15,22-23,26,38H,5,13-14,16-20H2,1H3,(H,40,44,45). The third kappa shape index (κ3) is 6.60. The summed E-state index contributed by atoms with van der Waals surface area (Å²) in [7, 11) is 2.09. The third-order valence-corrected chi connectivity index (χ3v) is 9.96. The smallest absolute Gasteiger partial charge is 0.274 e. The van der Waals surface area contributed by atoms with Gasteiger partial charge in [-0.05, 0) is 83.7 Å². The quantitative estimate of drug-likeness (QED) is 0.182. The number of hydrogen-bond acceptors (Lipinski definition) is 10. The fraction of sp³-hybridized carbons (Fsp3) is 0.333. The number of likely N-dealkylation sites (tertiary alicyclic amines) is 1. The number of likely N-dealkylation sites (N-methyl/N-ethyl adjacent to an activating group) is 1. The maximum atomic E-state index is 13.3. The second-order valence-corrected chi connectivity index (χ2v) is 13.5. The number of nitrogens with one attached hydrogen (secondary N) is 2.